The van der Waals surface area contributed by atoms with Gasteiger partial charge in [-0.15, -0.1) is 18.3 Å². The highest BCUT2D eigenvalue weighted by Crippen LogP contribution is 2.35. The monoisotopic (exact) mass is 324 g/mol. The number of thioether (sulfide) groups is 1. The third kappa shape index (κ3) is 5.40. The van der Waals surface area contributed by atoms with Crippen LogP contribution in [-0.2, 0) is 0 Å². The topological polar surface area (TPSA) is 17.1 Å². The Morgan fingerprint density at radius 3 is 2.39 bits per heavy atom. The highest BCUT2D eigenvalue weighted by molar-refractivity contribution is 7.99. The normalized spacial score (nSPS) is 13.3. The van der Waals surface area contributed by atoms with E-state index in [1.165, 1.54) is 10.5 Å². The molecule has 0 radical (unpaired) electrons. The summed E-state index contributed by atoms with van der Waals surface area (Å²) in [5.74, 6) is 1.11. The van der Waals surface area contributed by atoms with Crippen LogP contribution in [-0.4, -0.2) is 11.5 Å². The fourth-order valence-electron chi connectivity index (χ4n) is 2.54. The van der Waals surface area contributed by atoms with E-state index in [1.54, 1.807) is 0 Å². The summed E-state index contributed by atoms with van der Waals surface area (Å²) in [7, 11) is 0. The second-order valence-corrected chi connectivity index (χ2v) is 7.42. The maximum Gasteiger partial charge on any atom is 0.163 e. The largest absolute Gasteiger partial charge is 0.294 e. The molecule has 0 aliphatic carbocycles. The van der Waals surface area contributed by atoms with Crippen LogP contribution in [0.2, 0.25) is 0 Å². The lowest BCUT2D eigenvalue weighted by molar-refractivity contribution is 0.0934. The number of rotatable bonds is 8. The number of hydrogen-bond donors (Lipinski definition) is 0. The molecule has 2 aromatic carbocycles. The van der Waals surface area contributed by atoms with Crippen LogP contribution in [0.3, 0.4) is 0 Å². The average Bonchev–Trinajstić information content (AvgIpc) is 2.55. The molecule has 23 heavy (non-hydrogen) atoms. The van der Waals surface area contributed by atoms with E-state index in [4.69, 9.17) is 0 Å². The van der Waals surface area contributed by atoms with E-state index in [1.807, 2.05) is 48.2 Å². The van der Waals surface area contributed by atoms with E-state index >= 15 is 0 Å². The van der Waals surface area contributed by atoms with Gasteiger partial charge in [-0.05, 0) is 30.9 Å². The molecule has 0 fully saturated rings. The predicted molar refractivity (Wildman–Crippen MR) is 100 cm³/mol. The van der Waals surface area contributed by atoms with Gasteiger partial charge in [-0.3, -0.25) is 4.79 Å². The highest BCUT2D eigenvalue weighted by atomic mass is 32.2. The Morgan fingerprint density at radius 1 is 1.13 bits per heavy atom. The third-order valence-electron chi connectivity index (χ3n) is 3.93. The Balaban J connectivity index is 2.04. The number of allylic oxidation sites excluding steroid dienone is 1. The predicted octanol–water partition coefficient (Wildman–Crippen LogP) is 5.94. The number of Topliss-reactive ketones (excluding diaryl/α,β-unsaturated/α-hetero) is 1. The second kappa shape index (κ2) is 8.16. The van der Waals surface area contributed by atoms with Crippen molar-refractivity contribution in [3.8, 4) is 0 Å². The quantitative estimate of drug-likeness (QED) is 0.339. The van der Waals surface area contributed by atoms with Gasteiger partial charge in [0.1, 0.15) is 0 Å². The lowest BCUT2D eigenvalue weighted by atomic mass is 9.82. The molecule has 1 atom stereocenters. The van der Waals surface area contributed by atoms with Gasteiger partial charge in [-0.25, -0.2) is 0 Å². The summed E-state index contributed by atoms with van der Waals surface area (Å²) < 4.78 is 0. The molecule has 0 spiro atoms. The molecule has 2 rings (SSSR count). The summed E-state index contributed by atoms with van der Waals surface area (Å²) in [6, 6.07) is 18.1. The van der Waals surface area contributed by atoms with E-state index in [-0.39, 0.29) is 11.2 Å². The fourth-order valence-corrected chi connectivity index (χ4v) is 3.60. The molecule has 0 bridgehead atoms. The molecule has 2 aromatic rings. The van der Waals surface area contributed by atoms with E-state index < -0.39 is 0 Å². The van der Waals surface area contributed by atoms with Gasteiger partial charge >= 0.3 is 0 Å². The average molecular weight is 324 g/mol. The molecule has 0 amide bonds. The molecule has 0 saturated heterocycles. The van der Waals surface area contributed by atoms with Crippen LogP contribution >= 0.6 is 11.8 Å². The van der Waals surface area contributed by atoms with Gasteiger partial charge in [0.15, 0.2) is 5.78 Å². The molecule has 2 heteroatoms. The van der Waals surface area contributed by atoms with Crippen LogP contribution in [0.15, 0.2) is 72.1 Å². The van der Waals surface area contributed by atoms with Crippen molar-refractivity contribution in [1.29, 1.82) is 0 Å². The Bertz CT molecular complexity index is 645. The lowest BCUT2D eigenvalue weighted by Crippen LogP contribution is -2.23. The molecule has 1 nitrogen and oxygen atoms in total. The minimum Gasteiger partial charge on any atom is -0.294 e. The maximum absolute atomic E-state index is 12.5. The molecular formula is C21H24OS. The van der Waals surface area contributed by atoms with Crippen LogP contribution in [0.25, 0.3) is 0 Å². The third-order valence-corrected chi connectivity index (χ3v) is 5.38. The van der Waals surface area contributed by atoms with Crippen molar-refractivity contribution >= 4 is 17.5 Å². The van der Waals surface area contributed by atoms with E-state index in [9.17, 15) is 4.79 Å². The van der Waals surface area contributed by atoms with Crippen LogP contribution in [0, 0.1) is 12.3 Å². The number of ketones is 1. The molecule has 0 aliphatic rings. The van der Waals surface area contributed by atoms with Crippen LogP contribution in [0.4, 0.5) is 0 Å². The molecule has 0 aromatic heterocycles. The zero-order valence-electron chi connectivity index (χ0n) is 13.9. The van der Waals surface area contributed by atoms with Crippen molar-refractivity contribution in [3.63, 3.8) is 0 Å². The molecule has 0 N–H and O–H groups in total. The van der Waals surface area contributed by atoms with Crippen LogP contribution in [0.5, 0.6) is 0 Å². The van der Waals surface area contributed by atoms with Crippen LogP contribution in [0.1, 0.15) is 35.7 Å². The van der Waals surface area contributed by atoms with Crippen molar-refractivity contribution in [2.24, 2.45) is 5.41 Å². The highest BCUT2D eigenvalue weighted by Gasteiger charge is 2.27. The molecule has 120 valence electrons. The van der Waals surface area contributed by atoms with Crippen molar-refractivity contribution < 1.29 is 4.79 Å². The maximum atomic E-state index is 12.5. The standard InChI is InChI=1S/C21H24OS/c1-4-14-21(3,15-20(22)18-8-6-5-7-9-18)16-23-19-12-10-17(2)11-13-19/h4-13H,1,14-16H2,2-3H3. The lowest BCUT2D eigenvalue weighted by Gasteiger charge is -2.27. The van der Waals surface area contributed by atoms with E-state index in [0.29, 0.717) is 6.42 Å². The summed E-state index contributed by atoms with van der Waals surface area (Å²) >= 11 is 1.81. The summed E-state index contributed by atoms with van der Waals surface area (Å²) in [5, 5.41) is 0. The molecule has 0 heterocycles. The van der Waals surface area contributed by atoms with Crippen LogP contribution < -0.4 is 0 Å². The first-order chi connectivity index (χ1) is 11.0. The zero-order chi connectivity index (χ0) is 16.7. The van der Waals surface area contributed by atoms with Gasteiger partial charge in [-0.1, -0.05) is 61.0 Å². The smallest absolute Gasteiger partial charge is 0.163 e. The fraction of sp³-hybridized carbons (Fsp3) is 0.286. The Kier molecular flexibility index (Phi) is 6.23. The zero-order valence-corrected chi connectivity index (χ0v) is 14.7. The summed E-state index contributed by atoms with van der Waals surface area (Å²) in [6.45, 7) is 8.14. The summed E-state index contributed by atoms with van der Waals surface area (Å²) in [5.41, 5.74) is 1.98. The van der Waals surface area contributed by atoms with Gasteiger partial charge in [0.25, 0.3) is 0 Å². The number of carbonyl (C=O) groups excluding carboxylic acids is 1. The Morgan fingerprint density at radius 2 is 1.78 bits per heavy atom. The van der Waals surface area contributed by atoms with Crippen molar-refractivity contribution in [3.05, 3.63) is 78.4 Å². The second-order valence-electron chi connectivity index (χ2n) is 6.37. The summed E-state index contributed by atoms with van der Waals surface area (Å²) in [4.78, 5) is 13.8. The first-order valence-corrected chi connectivity index (χ1v) is 8.90. The minimum atomic E-state index is -0.0791. The number of benzene rings is 2. The van der Waals surface area contributed by atoms with Crippen molar-refractivity contribution in [2.75, 3.05) is 5.75 Å². The molecule has 1 unspecified atom stereocenters. The molecule has 0 aliphatic heterocycles. The SMILES string of the molecule is C=CCC(C)(CSc1ccc(C)cc1)CC(=O)c1ccccc1. The minimum absolute atomic E-state index is 0.0791. The van der Waals surface area contributed by atoms with Gasteiger partial charge in [0, 0.05) is 22.6 Å². The Labute approximate surface area is 143 Å². The molecule has 0 saturated carbocycles. The number of carbonyl (C=O) groups is 1. The number of hydrogen-bond acceptors (Lipinski definition) is 2. The van der Waals surface area contributed by atoms with Gasteiger partial charge < -0.3 is 0 Å². The Hall–Kier alpha value is -1.80. The first kappa shape index (κ1) is 17.6. The number of aryl methyl sites for hydroxylation is 1. The van der Waals surface area contributed by atoms with Gasteiger partial charge in [-0.2, -0.15) is 0 Å². The van der Waals surface area contributed by atoms with Gasteiger partial charge in [0.2, 0.25) is 0 Å². The van der Waals surface area contributed by atoms with E-state index in [2.05, 4.69) is 44.7 Å². The van der Waals surface area contributed by atoms with E-state index in [0.717, 1.165) is 17.7 Å². The van der Waals surface area contributed by atoms with Crippen molar-refractivity contribution in [1.82, 2.24) is 0 Å². The van der Waals surface area contributed by atoms with Gasteiger partial charge in [0.05, 0.1) is 0 Å². The summed E-state index contributed by atoms with van der Waals surface area (Å²) in [6.07, 6.45) is 3.31. The first-order valence-electron chi connectivity index (χ1n) is 7.91. The molecular weight excluding hydrogens is 300 g/mol. The van der Waals surface area contributed by atoms with Crippen molar-refractivity contribution in [2.45, 2.75) is 31.6 Å².